The summed E-state index contributed by atoms with van der Waals surface area (Å²) in [5.41, 5.74) is 2.24. The van der Waals surface area contributed by atoms with E-state index in [9.17, 15) is 4.79 Å². The summed E-state index contributed by atoms with van der Waals surface area (Å²) < 4.78 is 0. The number of aromatic nitrogens is 1. The summed E-state index contributed by atoms with van der Waals surface area (Å²) in [5.74, 6) is 1.01. The molecule has 2 aromatic rings. The molecule has 16 heavy (non-hydrogen) atoms. The zero-order chi connectivity index (χ0) is 11.3. The molecule has 1 aliphatic rings. The van der Waals surface area contributed by atoms with Crippen LogP contribution in [0.4, 0.5) is 5.82 Å². The first kappa shape index (κ1) is 9.73. The van der Waals surface area contributed by atoms with Gasteiger partial charge in [0.1, 0.15) is 5.82 Å². The molecule has 0 spiro atoms. The average Bonchev–Trinajstić information content (AvgIpc) is 2.76. The summed E-state index contributed by atoms with van der Waals surface area (Å²) in [5, 5.41) is 1.86. The molecule has 0 fully saturated rings. The minimum atomic E-state index is 0.0800. The van der Waals surface area contributed by atoms with Crippen molar-refractivity contribution in [3.8, 4) is 0 Å². The van der Waals surface area contributed by atoms with Crippen LogP contribution >= 0.6 is 11.6 Å². The van der Waals surface area contributed by atoms with Crippen LogP contribution in [0, 0.1) is 0 Å². The van der Waals surface area contributed by atoms with Crippen molar-refractivity contribution in [1.29, 1.82) is 0 Å². The van der Waals surface area contributed by atoms with Crippen LogP contribution in [0.15, 0.2) is 18.2 Å². The predicted octanol–water partition coefficient (Wildman–Crippen LogP) is 2.73. The zero-order valence-electron chi connectivity index (χ0n) is 8.88. The van der Waals surface area contributed by atoms with E-state index >= 15 is 0 Å². The molecule has 3 rings (SSSR count). The summed E-state index contributed by atoms with van der Waals surface area (Å²) in [6.07, 6.45) is 0.898. The number of fused-ring (bicyclic) bond motifs is 3. The molecule has 1 aromatic carbocycles. The van der Waals surface area contributed by atoms with Crippen LogP contribution in [0.5, 0.6) is 0 Å². The molecule has 0 saturated heterocycles. The molecule has 1 N–H and O–H groups in total. The molecule has 0 aliphatic carbocycles. The molecule has 82 valence electrons. The van der Waals surface area contributed by atoms with E-state index in [-0.39, 0.29) is 5.91 Å². The number of benzene rings is 1. The van der Waals surface area contributed by atoms with Gasteiger partial charge in [-0.1, -0.05) is 11.6 Å². The fraction of sp³-hybridized carbons (Fsp3) is 0.250. The molecule has 1 aliphatic heterocycles. The van der Waals surface area contributed by atoms with Crippen molar-refractivity contribution in [2.24, 2.45) is 0 Å². The molecule has 1 amide bonds. The van der Waals surface area contributed by atoms with Gasteiger partial charge in [-0.15, -0.1) is 0 Å². The standard InChI is InChI=1S/C12H11ClN2O/c1-7(16)15-5-4-9-10-6-8(13)2-3-11(10)14-12(9)15/h2-3,6,14H,4-5H2,1H3. The lowest BCUT2D eigenvalue weighted by Crippen LogP contribution is -2.26. The van der Waals surface area contributed by atoms with Crippen LogP contribution in [0.25, 0.3) is 10.9 Å². The van der Waals surface area contributed by atoms with Crippen LogP contribution in [0.3, 0.4) is 0 Å². The second-order valence-corrected chi connectivity index (χ2v) is 4.50. The molecule has 0 unspecified atom stereocenters. The van der Waals surface area contributed by atoms with Crippen molar-refractivity contribution in [2.75, 3.05) is 11.4 Å². The number of amides is 1. The maximum atomic E-state index is 11.4. The second kappa shape index (κ2) is 3.25. The number of carbonyl (C=O) groups is 1. The number of nitrogens with zero attached hydrogens (tertiary/aromatic N) is 1. The zero-order valence-corrected chi connectivity index (χ0v) is 9.64. The van der Waals surface area contributed by atoms with Crippen LogP contribution in [-0.2, 0) is 11.2 Å². The number of rotatable bonds is 0. The highest BCUT2D eigenvalue weighted by atomic mass is 35.5. The third-order valence-electron chi connectivity index (χ3n) is 3.08. The molecule has 2 heterocycles. The van der Waals surface area contributed by atoms with Gasteiger partial charge in [-0.3, -0.25) is 9.69 Å². The molecule has 0 saturated carbocycles. The van der Waals surface area contributed by atoms with Crippen LogP contribution in [0.1, 0.15) is 12.5 Å². The van der Waals surface area contributed by atoms with Gasteiger partial charge in [0.05, 0.1) is 0 Å². The summed E-state index contributed by atoms with van der Waals surface area (Å²) >= 11 is 5.98. The molecule has 0 radical (unpaired) electrons. The number of carbonyl (C=O) groups excluding carboxylic acids is 1. The van der Waals surface area contributed by atoms with Gasteiger partial charge < -0.3 is 4.98 Å². The fourth-order valence-corrected chi connectivity index (χ4v) is 2.51. The lowest BCUT2D eigenvalue weighted by Gasteiger charge is -2.12. The molecule has 3 nitrogen and oxygen atoms in total. The van der Waals surface area contributed by atoms with E-state index in [4.69, 9.17) is 11.6 Å². The van der Waals surface area contributed by atoms with Crippen molar-refractivity contribution >= 4 is 34.2 Å². The number of halogens is 1. The second-order valence-electron chi connectivity index (χ2n) is 4.06. The molecular formula is C12H11ClN2O. The largest absolute Gasteiger partial charge is 0.341 e. The first-order valence-corrected chi connectivity index (χ1v) is 5.63. The quantitative estimate of drug-likeness (QED) is 0.748. The van der Waals surface area contributed by atoms with Crippen LogP contribution in [0.2, 0.25) is 5.02 Å². The number of hydrogen-bond donors (Lipinski definition) is 1. The van der Waals surface area contributed by atoms with Gasteiger partial charge >= 0.3 is 0 Å². The Kier molecular flexibility index (Phi) is 1.98. The molecule has 4 heteroatoms. The summed E-state index contributed by atoms with van der Waals surface area (Å²) in [7, 11) is 0. The van der Waals surface area contributed by atoms with Gasteiger partial charge in [0, 0.05) is 35.0 Å². The van der Waals surface area contributed by atoms with Gasteiger partial charge in [0.15, 0.2) is 0 Å². The first-order valence-electron chi connectivity index (χ1n) is 5.25. The number of anilines is 1. The normalized spacial score (nSPS) is 14.5. The van der Waals surface area contributed by atoms with Crippen molar-refractivity contribution in [3.05, 3.63) is 28.8 Å². The van der Waals surface area contributed by atoms with Gasteiger partial charge in [0.25, 0.3) is 0 Å². The highest BCUT2D eigenvalue weighted by Gasteiger charge is 2.26. The van der Waals surface area contributed by atoms with Gasteiger partial charge in [-0.05, 0) is 24.6 Å². The Morgan fingerprint density at radius 1 is 1.50 bits per heavy atom. The van der Waals surface area contributed by atoms with E-state index in [0.29, 0.717) is 0 Å². The Balaban J connectivity index is 2.25. The van der Waals surface area contributed by atoms with E-state index in [1.165, 1.54) is 5.56 Å². The van der Waals surface area contributed by atoms with E-state index in [0.717, 1.165) is 34.7 Å². The van der Waals surface area contributed by atoms with E-state index in [1.807, 2.05) is 18.2 Å². The number of H-pyrrole nitrogens is 1. The van der Waals surface area contributed by atoms with Crippen molar-refractivity contribution in [3.63, 3.8) is 0 Å². The Morgan fingerprint density at radius 2 is 2.31 bits per heavy atom. The molecule has 0 atom stereocenters. The summed E-state index contributed by atoms with van der Waals surface area (Å²) in [6, 6.07) is 5.76. The highest BCUT2D eigenvalue weighted by Crippen LogP contribution is 2.35. The predicted molar refractivity (Wildman–Crippen MR) is 65.0 cm³/mol. The smallest absolute Gasteiger partial charge is 0.224 e. The lowest BCUT2D eigenvalue weighted by molar-refractivity contribution is -0.116. The Labute approximate surface area is 98.0 Å². The van der Waals surface area contributed by atoms with Gasteiger partial charge in [-0.25, -0.2) is 0 Å². The average molecular weight is 235 g/mol. The molecular weight excluding hydrogens is 224 g/mol. The topological polar surface area (TPSA) is 36.1 Å². The summed E-state index contributed by atoms with van der Waals surface area (Å²) in [6.45, 7) is 2.35. The first-order chi connectivity index (χ1) is 7.66. The Bertz CT molecular complexity index is 588. The monoisotopic (exact) mass is 234 g/mol. The summed E-state index contributed by atoms with van der Waals surface area (Å²) in [4.78, 5) is 16.5. The lowest BCUT2D eigenvalue weighted by atomic mass is 10.1. The third kappa shape index (κ3) is 1.25. The van der Waals surface area contributed by atoms with Crippen molar-refractivity contribution in [1.82, 2.24) is 4.98 Å². The fourth-order valence-electron chi connectivity index (χ4n) is 2.34. The number of nitrogens with one attached hydrogen (secondary N) is 1. The van der Waals surface area contributed by atoms with E-state index in [1.54, 1.807) is 11.8 Å². The SMILES string of the molecule is CC(=O)N1CCc2c1[nH]c1ccc(Cl)cc21. The Hall–Kier alpha value is -1.48. The third-order valence-corrected chi connectivity index (χ3v) is 3.32. The molecule has 0 bridgehead atoms. The minimum absolute atomic E-state index is 0.0800. The Morgan fingerprint density at radius 3 is 3.06 bits per heavy atom. The van der Waals surface area contributed by atoms with Gasteiger partial charge in [0.2, 0.25) is 5.91 Å². The van der Waals surface area contributed by atoms with Crippen molar-refractivity contribution in [2.45, 2.75) is 13.3 Å². The van der Waals surface area contributed by atoms with E-state index < -0.39 is 0 Å². The maximum Gasteiger partial charge on any atom is 0.224 e. The minimum Gasteiger partial charge on any atom is -0.341 e. The van der Waals surface area contributed by atoms with Crippen LogP contribution in [-0.4, -0.2) is 17.4 Å². The van der Waals surface area contributed by atoms with Gasteiger partial charge in [-0.2, -0.15) is 0 Å². The van der Waals surface area contributed by atoms with Crippen molar-refractivity contribution < 1.29 is 4.79 Å². The maximum absolute atomic E-state index is 11.4. The molecule has 1 aromatic heterocycles. The highest BCUT2D eigenvalue weighted by molar-refractivity contribution is 6.31. The number of aromatic amines is 1. The van der Waals surface area contributed by atoms with E-state index in [2.05, 4.69) is 4.98 Å². The number of hydrogen-bond acceptors (Lipinski definition) is 1. The van der Waals surface area contributed by atoms with Crippen LogP contribution < -0.4 is 4.90 Å².